The zero-order valence-corrected chi connectivity index (χ0v) is 6.63. The van der Waals surface area contributed by atoms with Crippen molar-refractivity contribution in [1.82, 2.24) is 0 Å². The molecular weight excluding hydrogens is 142 g/mol. The number of nitrogens with two attached hydrogens (primary N) is 1. The number of hydrogen-bond donors (Lipinski definition) is 1. The fraction of sp³-hybridized carbons (Fsp3) is 0.375. The van der Waals surface area contributed by atoms with Gasteiger partial charge in [-0.25, -0.2) is 0 Å². The molecule has 1 unspecified atom stereocenters. The Labute approximate surface area is 65.2 Å². The number of carbonyl (C=O) groups is 1. The summed E-state index contributed by atoms with van der Waals surface area (Å²) in [5.41, 5.74) is 6.07. The minimum atomic E-state index is -0.358. The molecule has 1 rings (SSSR count). The quantitative estimate of drug-likeness (QED) is 0.693. The maximum Gasteiger partial charge on any atom is 0.227 e. The van der Waals surface area contributed by atoms with Gasteiger partial charge in [-0.15, -0.1) is 0 Å². The van der Waals surface area contributed by atoms with E-state index in [2.05, 4.69) is 0 Å². The molecular formula is C8H11NO2. The summed E-state index contributed by atoms with van der Waals surface area (Å²) in [5.74, 6) is -0.0226. The van der Waals surface area contributed by atoms with E-state index >= 15 is 0 Å². The minimum absolute atomic E-state index is 0.329. The Hall–Kier alpha value is -1.25. The molecule has 11 heavy (non-hydrogen) atoms. The molecule has 0 radical (unpaired) electrons. The second-order valence-electron chi connectivity index (χ2n) is 2.59. The van der Waals surface area contributed by atoms with E-state index in [9.17, 15) is 4.79 Å². The summed E-state index contributed by atoms with van der Waals surface area (Å²) in [6.07, 6.45) is 1.56. The molecule has 0 aliphatic rings. The summed E-state index contributed by atoms with van der Waals surface area (Å²) in [4.78, 5) is 10.7. The lowest BCUT2D eigenvalue weighted by Gasteiger charge is -2.03. The highest BCUT2D eigenvalue weighted by molar-refractivity contribution is 5.81. The summed E-state index contributed by atoms with van der Waals surface area (Å²) < 4.78 is 5.09. The Morgan fingerprint density at radius 3 is 2.73 bits per heavy atom. The average Bonchev–Trinajstić information content (AvgIpc) is 2.33. The molecule has 0 fully saturated rings. The highest BCUT2D eigenvalue weighted by Crippen LogP contribution is 2.19. The largest absolute Gasteiger partial charge is 0.468 e. The number of furan rings is 1. The zero-order chi connectivity index (χ0) is 8.43. The second-order valence-corrected chi connectivity index (χ2v) is 2.59. The van der Waals surface area contributed by atoms with Crippen LogP contribution in [-0.4, -0.2) is 5.91 Å². The van der Waals surface area contributed by atoms with Crippen LogP contribution in [0.15, 0.2) is 16.7 Å². The molecule has 3 nitrogen and oxygen atoms in total. The molecule has 0 spiro atoms. The van der Waals surface area contributed by atoms with Gasteiger partial charge in [0.15, 0.2) is 0 Å². The van der Waals surface area contributed by atoms with E-state index in [0.29, 0.717) is 5.76 Å². The molecule has 3 heteroatoms. The lowest BCUT2D eigenvalue weighted by molar-refractivity contribution is -0.119. The van der Waals surface area contributed by atoms with Crippen LogP contribution < -0.4 is 5.73 Å². The predicted molar refractivity (Wildman–Crippen MR) is 41.1 cm³/mol. The van der Waals surface area contributed by atoms with Crippen LogP contribution in [0.1, 0.15) is 24.2 Å². The summed E-state index contributed by atoms with van der Waals surface area (Å²) in [6.45, 7) is 3.62. The van der Waals surface area contributed by atoms with E-state index in [-0.39, 0.29) is 11.8 Å². The van der Waals surface area contributed by atoms with Gasteiger partial charge in [0, 0.05) is 0 Å². The van der Waals surface area contributed by atoms with Crippen molar-refractivity contribution >= 4 is 5.91 Å². The molecule has 1 atom stereocenters. The summed E-state index contributed by atoms with van der Waals surface area (Å²) in [7, 11) is 0. The Morgan fingerprint density at radius 2 is 2.36 bits per heavy atom. The van der Waals surface area contributed by atoms with Crippen molar-refractivity contribution < 1.29 is 9.21 Å². The molecule has 1 aromatic heterocycles. The highest BCUT2D eigenvalue weighted by Gasteiger charge is 2.16. The van der Waals surface area contributed by atoms with Crippen LogP contribution in [0.3, 0.4) is 0 Å². The van der Waals surface area contributed by atoms with Crippen LogP contribution in [0, 0.1) is 6.92 Å². The lowest BCUT2D eigenvalue weighted by Crippen LogP contribution is -2.18. The van der Waals surface area contributed by atoms with Gasteiger partial charge in [-0.2, -0.15) is 0 Å². The maximum absolute atomic E-state index is 10.7. The second kappa shape index (κ2) is 2.78. The Bertz CT molecular complexity index is 265. The van der Waals surface area contributed by atoms with Crippen molar-refractivity contribution in [3.8, 4) is 0 Å². The van der Waals surface area contributed by atoms with Crippen molar-refractivity contribution in [2.45, 2.75) is 19.8 Å². The van der Waals surface area contributed by atoms with Crippen LogP contribution in [0.25, 0.3) is 0 Å². The SMILES string of the molecule is Cc1ccoc1C(C)C(N)=O. The van der Waals surface area contributed by atoms with Crippen LogP contribution in [-0.2, 0) is 4.79 Å². The van der Waals surface area contributed by atoms with Gasteiger partial charge in [0.1, 0.15) is 5.76 Å². The molecule has 2 N–H and O–H groups in total. The molecule has 0 bridgehead atoms. The van der Waals surface area contributed by atoms with E-state index in [0.717, 1.165) is 5.56 Å². The number of aryl methyl sites for hydroxylation is 1. The number of hydrogen-bond acceptors (Lipinski definition) is 2. The lowest BCUT2D eigenvalue weighted by atomic mass is 10.1. The van der Waals surface area contributed by atoms with Crippen molar-refractivity contribution in [1.29, 1.82) is 0 Å². The maximum atomic E-state index is 10.7. The van der Waals surface area contributed by atoms with Crippen LogP contribution in [0.4, 0.5) is 0 Å². The summed E-state index contributed by atoms with van der Waals surface area (Å²) in [6, 6.07) is 1.81. The van der Waals surface area contributed by atoms with E-state index in [1.807, 2.05) is 13.0 Å². The van der Waals surface area contributed by atoms with Gasteiger partial charge in [0.2, 0.25) is 5.91 Å². The van der Waals surface area contributed by atoms with Crippen molar-refractivity contribution in [2.75, 3.05) is 0 Å². The van der Waals surface area contributed by atoms with Crippen LogP contribution >= 0.6 is 0 Å². The molecule has 60 valence electrons. The van der Waals surface area contributed by atoms with Gasteiger partial charge in [-0.05, 0) is 25.5 Å². The first-order valence-electron chi connectivity index (χ1n) is 3.46. The van der Waals surface area contributed by atoms with E-state index in [1.165, 1.54) is 0 Å². The van der Waals surface area contributed by atoms with Crippen LogP contribution in [0.5, 0.6) is 0 Å². The predicted octanol–water partition coefficient (Wildman–Crippen LogP) is 1.18. The summed E-state index contributed by atoms with van der Waals surface area (Å²) in [5, 5.41) is 0. The molecule has 0 aliphatic heterocycles. The number of rotatable bonds is 2. The topological polar surface area (TPSA) is 56.2 Å². The van der Waals surface area contributed by atoms with Gasteiger partial charge in [0.25, 0.3) is 0 Å². The number of amides is 1. The molecule has 1 amide bonds. The Kier molecular flexibility index (Phi) is 1.98. The van der Waals surface area contributed by atoms with E-state index < -0.39 is 0 Å². The molecule has 0 saturated carbocycles. The zero-order valence-electron chi connectivity index (χ0n) is 6.63. The first-order valence-corrected chi connectivity index (χ1v) is 3.46. The van der Waals surface area contributed by atoms with Crippen molar-refractivity contribution in [3.05, 3.63) is 23.7 Å². The van der Waals surface area contributed by atoms with E-state index in [4.69, 9.17) is 10.2 Å². The molecule has 0 aliphatic carbocycles. The smallest absolute Gasteiger partial charge is 0.227 e. The summed E-state index contributed by atoms with van der Waals surface area (Å²) >= 11 is 0. The van der Waals surface area contributed by atoms with Gasteiger partial charge < -0.3 is 10.2 Å². The highest BCUT2D eigenvalue weighted by atomic mass is 16.3. The normalized spacial score (nSPS) is 12.9. The standard InChI is InChI=1S/C8H11NO2/c1-5-3-4-11-7(5)6(2)8(9)10/h3-4,6H,1-2H3,(H2,9,10). The third-order valence-corrected chi connectivity index (χ3v) is 1.72. The number of primary amides is 1. The molecule has 1 aromatic rings. The first kappa shape index (κ1) is 7.85. The van der Waals surface area contributed by atoms with Gasteiger partial charge in [-0.3, -0.25) is 4.79 Å². The van der Waals surface area contributed by atoms with Gasteiger partial charge in [0.05, 0.1) is 12.2 Å². The fourth-order valence-electron chi connectivity index (χ4n) is 0.957. The monoisotopic (exact) mass is 153 g/mol. The minimum Gasteiger partial charge on any atom is -0.468 e. The molecule has 0 aromatic carbocycles. The van der Waals surface area contributed by atoms with Crippen LogP contribution in [0.2, 0.25) is 0 Å². The Morgan fingerprint density at radius 1 is 1.73 bits per heavy atom. The third-order valence-electron chi connectivity index (χ3n) is 1.72. The average molecular weight is 153 g/mol. The molecule has 1 heterocycles. The first-order chi connectivity index (χ1) is 5.13. The van der Waals surface area contributed by atoms with Gasteiger partial charge in [-0.1, -0.05) is 0 Å². The number of carbonyl (C=O) groups excluding carboxylic acids is 1. The van der Waals surface area contributed by atoms with Crippen molar-refractivity contribution in [3.63, 3.8) is 0 Å². The fourth-order valence-corrected chi connectivity index (χ4v) is 0.957. The molecule has 0 saturated heterocycles. The third kappa shape index (κ3) is 1.42. The van der Waals surface area contributed by atoms with E-state index in [1.54, 1.807) is 13.2 Å². The Balaban J connectivity index is 2.92. The van der Waals surface area contributed by atoms with Gasteiger partial charge >= 0.3 is 0 Å². The van der Waals surface area contributed by atoms with Crippen molar-refractivity contribution in [2.24, 2.45) is 5.73 Å².